The fourth-order valence-electron chi connectivity index (χ4n) is 3.21. The molecule has 2 aromatic heterocycles. The van der Waals surface area contributed by atoms with Crippen molar-refractivity contribution in [3.63, 3.8) is 0 Å². The van der Waals surface area contributed by atoms with Crippen LogP contribution < -0.4 is 20.9 Å². The summed E-state index contributed by atoms with van der Waals surface area (Å²) in [6, 6.07) is 15.8. The molecule has 0 saturated carbocycles. The summed E-state index contributed by atoms with van der Waals surface area (Å²) in [5, 5.41) is 9.56. The number of rotatable bonds is 6. The summed E-state index contributed by atoms with van der Waals surface area (Å²) in [5.41, 5.74) is 13.4. The molecule has 4 aromatic rings. The van der Waals surface area contributed by atoms with Crippen molar-refractivity contribution >= 4 is 23.7 Å². The van der Waals surface area contributed by atoms with E-state index in [1.54, 1.807) is 0 Å². The van der Waals surface area contributed by atoms with Gasteiger partial charge in [0.05, 0.1) is 12.3 Å². The van der Waals surface area contributed by atoms with E-state index >= 15 is 0 Å². The maximum atomic E-state index is 5.68. The van der Waals surface area contributed by atoms with Crippen molar-refractivity contribution in [2.75, 3.05) is 18.3 Å². The van der Waals surface area contributed by atoms with Gasteiger partial charge in [-0.25, -0.2) is 0 Å². The second kappa shape index (κ2) is 8.11. The van der Waals surface area contributed by atoms with Gasteiger partial charge in [-0.2, -0.15) is 15.0 Å². The van der Waals surface area contributed by atoms with Crippen LogP contribution >= 0.6 is 11.8 Å². The minimum atomic E-state index is 0.0925. The molecule has 0 aliphatic carbocycles. The lowest BCUT2D eigenvalue weighted by Gasteiger charge is -2.11. The van der Waals surface area contributed by atoms with Gasteiger partial charge in [-0.05, 0) is 17.7 Å². The molecule has 156 valence electrons. The molecule has 1 aliphatic rings. The number of nitrogen functional groups attached to an aromatic ring is 2. The van der Waals surface area contributed by atoms with Crippen LogP contribution in [0, 0.1) is 0 Å². The molecule has 2 aromatic carbocycles. The summed E-state index contributed by atoms with van der Waals surface area (Å²) in [5.74, 6) is 3.33. The first-order valence-corrected chi connectivity index (χ1v) is 10.4. The quantitative estimate of drug-likeness (QED) is 0.435. The maximum absolute atomic E-state index is 5.68. The summed E-state index contributed by atoms with van der Waals surface area (Å²) in [6.45, 7) is 0.789. The normalized spacial score (nSPS) is 12.3. The van der Waals surface area contributed by atoms with Gasteiger partial charge in [0.15, 0.2) is 22.5 Å². The molecule has 0 amide bonds. The molecule has 0 atom stereocenters. The van der Waals surface area contributed by atoms with Gasteiger partial charge < -0.3 is 20.9 Å². The Morgan fingerprint density at radius 2 is 1.68 bits per heavy atom. The third-order valence-corrected chi connectivity index (χ3v) is 5.54. The van der Waals surface area contributed by atoms with E-state index in [9.17, 15) is 0 Å². The Morgan fingerprint density at radius 1 is 0.903 bits per heavy atom. The highest BCUT2D eigenvalue weighted by Gasteiger charge is 2.18. The van der Waals surface area contributed by atoms with Crippen LogP contribution in [0.15, 0.2) is 53.7 Å². The lowest BCUT2D eigenvalue weighted by Crippen LogP contribution is -2.07. The monoisotopic (exact) mass is 434 g/mol. The number of thioether (sulfide) groups is 1. The molecule has 5 rings (SSSR count). The topological polar surface area (TPSA) is 140 Å². The third kappa shape index (κ3) is 4.08. The molecule has 0 fully saturated rings. The highest BCUT2D eigenvalue weighted by atomic mass is 32.2. The fraction of sp³-hybridized carbons (Fsp3) is 0.150. The van der Waals surface area contributed by atoms with Crippen LogP contribution in [0.3, 0.4) is 0 Å². The second-order valence-electron chi connectivity index (χ2n) is 6.70. The number of nitrogens with zero attached hydrogens (tertiary/aromatic N) is 6. The minimum Gasteiger partial charge on any atom is -0.454 e. The number of benzene rings is 2. The number of anilines is 2. The van der Waals surface area contributed by atoms with Gasteiger partial charge in [-0.15, -0.1) is 10.2 Å². The Morgan fingerprint density at radius 3 is 2.48 bits per heavy atom. The van der Waals surface area contributed by atoms with Crippen LogP contribution in [0.2, 0.25) is 0 Å². The zero-order valence-corrected chi connectivity index (χ0v) is 17.1. The number of hydrogen-bond acceptors (Lipinski definition) is 10. The van der Waals surface area contributed by atoms with Crippen molar-refractivity contribution in [1.82, 2.24) is 29.7 Å². The Kier molecular flexibility index (Phi) is 5.00. The van der Waals surface area contributed by atoms with Gasteiger partial charge in [-0.3, -0.25) is 4.57 Å². The van der Waals surface area contributed by atoms with E-state index in [1.165, 1.54) is 11.8 Å². The Labute approximate surface area is 181 Å². The lowest BCUT2D eigenvalue weighted by molar-refractivity contribution is 0.174. The summed E-state index contributed by atoms with van der Waals surface area (Å²) in [7, 11) is 0. The van der Waals surface area contributed by atoms with Crippen LogP contribution in [0.4, 0.5) is 11.9 Å². The van der Waals surface area contributed by atoms with Gasteiger partial charge >= 0.3 is 0 Å². The number of ether oxygens (including phenoxy) is 2. The molecule has 0 unspecified atom stereocenters. The van der Waals surface area contributed by atoms with Gasteiger partial charge in [-0.1, -0.05) is 48.2 Å². The first kappa shape index (κ1) is 19.1. The minimum absolute atomic E-state index is 0.0925. The van der Waals surface area contributed by atoms with E-state index in [1.807, 2.05) is 53.1 Å². The molecule has 1 aliphatic heterocycles. The Balaban J connectivity index is 1.47. The molecular formula is C20H18N8O2S. The maximum Gasteiger partial charge on any atom is 0.231 e. The van der Waals surface area contributed by atoms with Gasteiger partial charge in [0.2, 0.25) is 18.7 Å². The van der Waals surface area contributed by atoms with E-state index in [-0.39, 0.29) is 18.7 Å². The summed E-state index contributed by atoms with van der Waals surface area (Å²) in [6.07, 6.45) is 0. The molecule has 10 nitrogen and oxygen atoms in total. The highest BCUT2D eigenvalue weighted by Crippen LogP contribution is 2.34. The summed E-state index contributed by atoms with van der Waals surface area (Å²) < 4.78 is 13.0. The van der Waals surface area contributed by atoms with Crippen LogP contribution in [0.5, 0.6) is 11.5 Å². The highest BCUT2D eigenvalue weighted by molar-refractivity contribution is 7.98. The largest absolute Gasteiger partial charge is 0.454 e. The molecule has 3 heterocycles. The first-order chi connectivity index (χ1) is 15.2. The second-order valence-corrected chi connectivity index (χ2v) is 7.65. The van der Waals surface area contributed by atoms with Crippen molar-refractivity contribution in [1.29, 1.82) is 0 Å². The molecule has 0 saturated heterocycles. The molecule has 31 heavy (non-hydrogen) atoms. The van der Waals surface area contributed by atoms with Crippen molar-refractivity contribution in [3.05, 3.63) is 59.9 Å². The fourth-order valence-corrected chi connectivity index (χ4v) is 4.00. The molecule has 0 radical (unpaired) electrons. The average Bonchev–Trinajstić information content (AvgIpc) is 3.39. The Bertz CT molecular complexity index is 1210. The zero-order valence-electron chi connectivity index (χ0n) is 16.3. The van der Waals surface area contributed by atoms with Crippen molar-refractivity contribution in [2.45, 2.75) is 17.5 Å². The molecule has 0 bridgehead atoms. The van der Waals surface area contributed by atoms with Crippen LogP contribution in [-0.2, 0) is 12.3 Å². The predicted molar refractivity (Wildman–Crippen MR) is 115 cm³/mol. The van der Waals surface area contributed by atoms with E-state index < -0.39 is 0 Å². The van der Waals surface area contributed by atoms with Gasteiger partial charge in [0.25, 0.3) is 0 Å². The van der Waals surface area contributed by atoms with Crippen LogP contribution in [-0.4, -0.2) is 36.5 Å². The van der Waals surface area contributed by atoms with Crippen molar-refractivity contribution in [3.8, 4) is 22.9 Å². The Hall–Kier alpha value is -3.86. The standard InChI is InChI=1S/C20H18N8O2S/c21-18-23-16(24-19(22)25-18)10-31-20-27-26-17(13-4-2-1-3-5-13)28(20)9-12-6-7-14-15(8-12)30-11-29-14/h1-8H,9-11H2,(H4,21,22,23,24,25). The van der Waals surface area contributed by atoms with Crippen LogP contribution in [0.1, 0.15) is 11.4 Å². The smallest absolute Gasteiger partial charge is 0.231 e. The molecule has 0 spiro atoms. The number of aromatic nitrogens is 6. The van der Waals surface area contributed by atoms with E-state index in [0.717, 1.165) is 28.5 Å². The van der Waals surface area contributed by atoms with Gasteiger partial charge in [0.1, 0.15) is 5.82 Å². The summed E-state index contributed by atoms with van der Waals surface area (Å²) >= 11 is 1.45. The average molecular weight is 434 g/mol. The van der Waals surface area contributed by atoms with Crippen molar-refractivity contribution < 1.29 is 9.47 Å². The van der Waals surface area contributed by atoms with Crippen LogP contribution in [0.25, 0.3) is 11.4 Å². The molecule has 4 N–H and O–H groups in total. The SMILES string of the molecule is Nc1nc(N)nc(CSc2nnc(-c3ccccc3)n2Cc2ccc3c(c2)OCO3)n1. The first-order valence-electron chi connectivity index (χ1n) is 9.41. The van der Waals surface area contributed by atoms with E-state index in [4.69, 9.17) is 20.9 Å². The van der Waals surface area contributed by atoms with Crippen molar-refractivity contribution in [2.24, 2.45) is 0 Å². The molecule has 11 heteroatoms. The van der Waals surface area contributed by atoms with E-state index in [0.29, 0.717) is 23.3 Å². The number of nitrogens with two attached hydrogens (primary N) is 2. The summed E-state index contributed by atoms with van der Waals surface area (Å²) in [4.78, 5) is 12.1. The van der Waals surface area contributed by atoms with Gasteiger partial charge in [0, 0.05) is 5.56 Å². The number of fused-ring (bicyclic) bond motifs is 1. The zero-order chi connectivity index (χ0) is 21.2. The molecular weight excluding hydrogens is 416 g/mol. The van der Waals surface area contributed by atoms with E-state index in [2.05, 4.69) is 25.1 Å². The predicted octanol–water partition coefficient (Wildman–Crippen LogP) is 2.36. The third-order valence-electron chi connectivity index (χ3n) is 4.57. The lowest BCUT2D eigenvalue weighted by atomic mass is 10.2. The number of hydrogen-bond donors (Lipinski definition) is 2.